The van der Waals surface area contributed by atoms with E-state index in [0.717, 1.165) is 0 Å². The molecule has 1 aromatic rings. The van der Waals surface area contributed by atoms with Crippen LogP contribution in [0.4, 0.5) is 0 Å². The molecule has 0 saturated heterocycles. The van der Waals surface area contributed by atoms with Gasteiger partial charge in [0, 0.05) is 0 Å². The van der Waals surface area contributed by atoms with Gasteiger partial charge in [0.25, 0.3) is 0 Å². The maximum Gasteiger partial charge on any atom is 1.00 e. The minimum Gasteiger partial charge on any atom is -0.870 e. The molecule has 0 aliphatic carbocycles. The van der Waals surface area contributed by atoms with Gasteiger partial charge in [-0.05, 0) is 0 Å². The van der Waals surface area contributed by atoms with Gasteiger partial charge in [0.15, 0.2) is 0 Å². The fourth-order valence-electron chi connectivity index (χ4n) is 0.585. The van der Waals surface area contributed by atoms with E-state index >= 15 is 0 Å². The van der Waals surface area contributed by atoms with Gasteiger partial charge in [-0.3, -0.25) is 0 Å². The van der Waals surface area contributed by atoms with Crippen molar-refractivity contribution in [1.29, 1.82) is 0 Å². The number of halogens is 5. The predicted octanol–water partition coefficient (Wildman–Crippen LogP) is 4.02. The van der Waals surface area contributed by atoms with Gasteiger partial charge in [-0.25, -0.2) is 0 Å². The van der Waals surface area contributed by atoms with Crippen LogP contribution in [0.15, 0.2) is 0 Å². The second-order valence-corrected chi connectivity index (χ2v) is 3.79. The molecular weight excluding hydrogens is 373 g/mol. The predicted molar refractivity (Wildman–Crippen MR) is 50.9 cm³/mol. The van der Waals surface area contributed by atoms with E-state index in [-0.39, 0.29) is 47.5 Å². The Balaban J connectivity index is 0.00000144. The summed E-state index contributed by atoms with van der Waals surface area (Å²) in [5, 5.41) is 10.5. The molecule has 1 aromatic carbocycles. The van der Waals surface area contributed by atoms with Crippen molar-refractivity contribution >= 4 is 58.0 Å². The zero-order valence-electron chi connectivity index (χ0n) is 5.60. The second kappa shape index (κ2) is 5.34. The van der Waals surface area contributed by atoms with E-state index < -0.39 is 5.75 Å². The van der Waals surface area contributed by atoms with E-state index in [2.05, 4.69) is 0 Å². The van der Waals surface area contributed by atoms with Crippen molar-refractivity contribution in [3.05, 3.63) is 25.1 Å². The van der Waals surface area contributed by atoms with Gasteiger partial charge in [0.05, 0.1) is 25.1 Å². The van der Waals surface area contributed by atoms with Gasteiger partial charge in [0.2, 0.25) is 0 Å². The summed E-state index contributed by atoms with van der Waals surface area (Å²) in [6.07, 6.45) is 0. The molecule has 0 heterocycles. The van der Waals surface area contributed by atoms with E-state index in [1.54, 1.807) is 0 Å². The summed E-state index contributed by atoms with van der Waals surface area (Å²) in [4.78, 5) is 0. The summed E-state index contributed by atoms with van der Waals surface area (Å²) < 4.78 is 0. The smallest absolute Gasteiger partial charge is 0.870 e. The molecule has 76 valence electrons. The fourth-order valence-corrected chi connectivity index (χ4v) is 1.71. The van der Waals surface area contributed by atoms with Crippen LogP contribution in [0.5, 0.6) is 5.75 Å². The second-order valence-electron chi connectivity index (χ2n) is 1.90. The maximum atomic E-state index is 11.1. The first kappa shape index (κ1) is 14.2. The molecule has 0 fully saturated rings. The van der Waals surface area contributed by atoms with Gasteiger partial charge < -0.3 is 5.11 Å². The third-order valence-corrected chi connectivity index (χ3v) is 3.41. The van der Waals surface area contributed by atoms with Crippen LogP contribution in [-0.2, 0) is 22.4 Å². The van der Waals surface area contributed by atoms with Crippen molar-refractivity contribution in [3.63, 3.8) is 0 Å². The van der Waals surface area contributed by atoms with Crippen LogP contribution in [0, 0.1) is 0 Å². The van der Waals surface area contributed by atoms with Crippen molar-refractivity contribution in [3.8, 4) is 5.75 Å². The van der Waals surface area contributed by atoms with Crippen LogP contribution in [0.1, 0.15) is 0 Å². The van der Waals surface area contributed by atoms with Crippen LogP contribution >= 0.6 is 58.0 Å². The Labute approximate surface area is 115 Å². The zero-order chi connectivity index (χ0) is 9.46. The largest absolute Gasteiger partial charge is 1.00 e. The molecule has 0 radical (unpaired) electrons. The third-order valence-electron chi connectivity index (χ3n) is 1.17. The molecule has 0 spiro atoms. The standard InChI is InChI=1S/C6HCl5O.Ag/c7-1-2(8)4(10)6(12)5(11)3(1)9;/h12H;/q;+1/p-1. The van der Waals surface area contributed by atoms with Crippen molar-refractivity contribution in [2.75, 3.05) is 0 Å². The average Bonchev–Trinajstić information content (AvgIpc) is 2.08. The molecule has 0 aliphatic rings. The molecule has 1 nitrogen and oxygen atoms in total. The Morgan fingerprint density at radius 3 is 1.15 bits per heavy atom. The number of rotatable bonds is 0. The Morgan fingerprint density at radius 1 is 0.615 bits per heavy atom. The van der Waals surface area contributed by atoms with Crippen molar-refractivity contribution in [1.82, 2.24) is 0 Å². The monoisotopic (exact) mass is 370 g/mol. The number of hydrogen-bond acceptors (Lipinski definition) is 1. The van der Waals surface area contributed by atoms with Gasteiger partial charge in [-0.15, -0.1) is 0 Å². The summed E-state index contributed by atoms with van der Waals surface area (Å²) in [7, 11) is 0. The molecule has 7 heteroatoms. The molecule has 0 atom stereocenters. The minimum atomic E-state index is -0.613. The fraction of sp³-hybridized carbons (Fsp3) is 0. The van der Waals surface area contributed by atoms with E-state index in [4.69, 9.17) is 58.0 Å². The average molecular weight is 373 g/mol. The van der Waals surface area contributed by atoms with E-state index in [1.165, 1.54) is 0 Å². The Kier molecular flexibility index (Phi) is 5.83. The van der Waals surface area contributed by atoms with Gasteiger partial charge in [-0.1, -0.05) is 63.8 Å². The summed E-state index contributed by atoms with van der Waals surface area (Å²) >= 11 is 27.7. The molecule has 0 saturated carbocycles. The molecule has 0 aromatic heterocycles. The normalized spacial score (nSPS) is 9.62. The van der Waals surface area contributed by atoms with Gasteiger partial charge in [-0.2, -0.15) is 0 Å². The minimum absolute atomic E-state index is 0. The summed E-state index contributed by atoms with van der Waals surface area (Å²) in [6.45, 7) is 0. The van der Waals surface area contributed by atoms with Crippen LogP contribution in [0.3, 0.4) is 0 Å². The Hall–Kier alpha value is 1.21. The zero-order valence-corrected chi connectivity index (χ0v) is 10.9. The summed E-state index contributed by atoms with van der Waals surface area (Å²) in [5.41, 5.74) is 0. The van der Waals surface area contributed by atoms with Crippen LogP contribution in [0.25, 0.3) is 0 Å². The maximum absolute atomic E-state index is 11.1. The van der Waals surface area contributed by atoms with E-state index in [9.17, 15) is 5.11 Å². The van der Waals surface area contributed by atoms with Crippen molar-refractivity contribution in [2.24, 2.45) is 0 Å². The van der Waals surface area contributed by atoms with E-state index in [0.29, 0.717) is 0 Å². The molecule has 0 aliphatic heterocycles. The van der Waals surface area contributed by atoms with Crippen LogP contribution in [-0.4, -0.2) is 0 Å². The van der Waals surface area contributed by atoms with Gasteiger partial charge >= 0.3 is 22.4 Å². The van der Waals surface area contributed by atoms with Crippen LogP contribution in [0.2, 0.25) is 25.1 Å². The third kappa shape index (κ3) is 2.61. The molecule has 1 rings (SSSR count). The summed E-state index contributed by atoms with van der Waals surface area (Å²) in [5.74, 6) is -0.613. The number of hydrogen-bond donors (Lipinski definition) is 0. The first-order chi connectivity index (χ1) is 5.46. The number of benzene rings is 1. The molecule has 0 unspecified atom stereocenters. The topological polar surface area (TPSA) is 23.1 Å². The first-order valence-corrected chi connectivity index (χ1v) is 4.54. The van der Waals surface area contributed by atoms with Crippen molar-refractivity contribution < 1.29 is 27.5 Å². The molecule has 13 heavy (non-hydrogen) atoms. The van der Waals surface area contributed by atoms with Gasteiger partial charge in [0.1, 0.15) is 0 Å². The Morgan fingerprint density at radius 2 is 0.846 bits per heavy atom. The first-order valence-electron chi connectivity index (χ1n) is 2.65. The van der Waals surface area contributed by atoms with Crippen LogP contribution < -0.4 is 5.11 Å². The molecule has 0 amide bonds. The molecule has 0 bridgehead atoms. The molecular formula is C6AgCl5O. The quantitative estimate of drug-likeness (QED) is 0.383. The SMILES string of the molecule is [Ag+].[O-]c1c(Cl)c(Cl)c(Cl)c(Cl)c1Cl. The van der Waals surface area contributed by atoms with E-state index in [1.807, 2.05) is 0 Å². The molecule has 0 N–H and O–H groups in total. The summed E-state index contributed by atoms with van der Waals surface area (Å²) in [6, 6.07) is 0. The Bertz CT molecular complexity index is 235. The van der Waals surface area contributed by atoms with Crippen molar-refractivity contribution in [2.45, 2.75) is 0 Å².